The van der Waals surface area contributed by atoms with E-state index < -0.39 is 0 Å². The molecule has 0 amide bonds. The SMILES string of the molecule is CC(CCCN)N1CCN(c2ncccn2)CC1.Cl.Cl.Cl. The number of rotatable bonds is 5. The van der Waals surface area contributed by atoms with Gasteiger partial charge in [-0.15, -0.1) is 37.2 Å². The van der Waals surface area contributed by atoms with Gasteiger partial charge >= 0.3 is 0 Å². The lowest BCUT2D eigenvalue weighted by Gasteiger charge is -2.38. The van der Waals surface area contributed by atoms with Crippen molar-refractivity contribution in [3.63, 3.8) is 0 Å². The molecule has 1 aliphatic rings. The summed E-state index contributed by atoms with van der Waals surface area (Å²) < 4.78 is 0. The second kappa shape index (κ2) is 12.2. The lowest BCUT2D eigenvalue weighted by atomic mass is 10.1. The van der Waals surface area contributed by atoms with Crippen molar-refractivity contribution < 1.29 is 0 Å². The van der Waals surface area contributed by atoms with Crippen LogP contribution < -0.4 is 10.6 Å². The number of nitrogens with two attached hydrogens (primary N) is 1. The molecular formula is C13H26Cl3N5. The average molecular weight is 359 g/mol. The molecule has 1 unspecified atom stereocenters. The molecule has 1 aromatic rings. The van der Waals surface area contributed by atoms with E-state index in [1.807, 2.05) is 6.07 Å². The highest BCUT2D eigenvalue weighted by Crippen LogP contribution is 2.13. The molecule has 124 valence electrons. The molecule has 8 heteroatoms. The maximum Gasteiger partial charge on any atom is 0.225 e. The first-order chi connectivity index (χ1) is 8.81. The van der Waals surface area contributed by atoms with Gasteiger partial charge in [0.15, 0.2) is 0 Å². The van der Waals surface area contributed by atoms with Crippen molar-refractivity contribution in [3.05, 3.63) is 18.5 Å². The highest BCUT2D eigenvalue weighted by molar-refractivity contribution is 5.86. The number of aromatic nitrogens is 2. The summed E-state index contributed by atoms with van der Waals surface area (Å²) >= 11 is 0. The monoisotopic (exact) mass is 357 g/mol. The third kappa shape index (κ3) is 6.98. The van der Waals surface area contributed by atoms with E-state index in [2.05, 4.69) is 26.7 Å². The van der Waals surface area contributed by atoms with E-state index in [-0.39, 0.29) is 37.2 Å². The van der Waals surface area contributed by atoms with E-state index in [0.29, 0.717) is 6.04 Å². The summed E-state index contributed by atoms with van der Waals surface area (Å²) in [5, 5.41) is 0. The Kier molecular flexibility index (Phi) is 13.4. The van der Waals surface area contributed by atoms with Gasteiger partial charge in [-0.2, -0.15) is 0 Å². The van der Waals surface area contributed by atoms with Crippen molar-refractivity contribution >= 4 is 43.2 Å². The Bertz CT molecular complexity index is 347. The van der Waals surface area contributed by atoms with Gasteiger partial charge in [-0.3, -0.25) is 4.90 Å². The second-order valence-electron chi connectivity index (χ2n) is 4.85. The van der Waals surface area contributed by atoms with Crippen LogP contribution >= 0.6 is 37.2 Å². The lowest BCUT2D eigenvalue weighted by Crippen LogP contribution is -2.50. The van der Waals surface area contributed by atoms with Gasteiger partial charge in [0.1, 0.15) is 0 Å². The van der Waals surface area contributed by atoms with Crippen LogP contribution in [0.2, 0.25) is 0 Å². The number of piperazine rings is 1. The molecule has 0 aliphatic carbocycles. The quantitative estimate of drug-likeness (QED) is 0.872. The van der Waals surface area contributed by atoms with Gasteiger partial charge in [-0.1, -0.05) is 0 Å². The minimum absolute atomic E-state index is 0. The molecule has 2 N–H and O–H groups in total. The summed E-state index contributed by atoms with van der Waals surface area (Å²) in [6.07, 6.45) is 5.92. The fourth-order valence-corrected chi connectivity index (χ4v) is 2.41. The Morgan fingerprint density at radius 2 is 1.67 bits per heavy atom. The summed E-state index contributed by atoms with van der Waals surface area (Å²) in [4.78, 5) is 13.4. The van der Waals surface area contributed by atoms with Crippen LogP contribution in [0.5, 0.6) is 0 Å². The van der Waals surface area contributed by atoms with Crippen molar-refractivity contribution in [1.82, 2.24) is 14.9 Å². The van der Waals surface area contributed by atoms with Gasteiger partial charge < -0.3 is 10.6 Å². The zero-order chi connectivity index (χ0) is 12.8. The predicted octanol–water partition coefficient (Wildman–Crippen LogP) is 1.99. The van der Waals surface area contributed by atoms with Crippen LogP contribution in [-0.4, -0.2) is 53.6 Å². The molecule has 0 radical (unpaired) electrons. The molecule has 1 atom stereocenters. The van der Waals surface area contributed by atoms with Crippen LogP contribution in [0.3, 0.4) is 0 Å². The van der Waals surface area contributed by atoms with Gasteiger partial charge in [-0.05, 0) is 32.4 Å². The molecular weight excluding hydrogens is 333 g/mol. The molecule has 1 saturated heterocycles. The Balaban J connectivity index is 0. The van der Waals surface area contributed by atoms with Crippen LogP contribution in [0, 0.1) is 0 Å². The summed E-state index contributed by atoms with van der Waals surface area (Å²) in [5.41, 5.74) is 5.56. The number of hydrogen-bond donors (Lipinski definition) is 1. The van der Waals surface area contributed by atoms with E-state index in [0.717, 1.165) is 45.1 Å². The van der Waals surface area contributed by atoms with Crippen LogP contribution in [0.25, 0.3) is 0 Å². The lowest BCUT2D eigenvalue weighted by molar-refractivity contribution is 0.186. The van der Waals surface area contributed by atoms with Crippen molar-refractivity contribution in [2.24, 2.45) is 5.73 Å². The number of nitrogens with zero attached hydrogens (tertiary/aromatic N) is 4. The van der Waals surface area contributed by atoms with Crippen molar-refractivity contribution in [2.45, 2.75) is 25.8 Å². The summed E-state index contributed by atoms with van der Waals surface area (Å²) in [5.74, 6) is 0.853. The van der Waals surface area contributed by atoms with Gasteiger partial charge in [0.2, 0.25) is 5.95 Å². The van der Waals surface area contributed by atoms with Gasteiger partial charge in [-0.25, -0.2) is 9.97 Å². The molecule has 5 nitrogen and oxygen atoms in total. The Morgan fingerprint density at radius 1 is 1.10 bits per heavy atom. The Hall–Kier alpha value is -0.330. The van der Waals surface area contributed by atoms with Crippen molar-refractivity contribution in [1.29, 1.82) is 0 Å². The van der Waals surface area contributed by atoms with Gasteiger partial charge in [0.05, 0.1) is 0 Å². The molecule has 0 spiro atoms. The minimum Gasteiger partial charge on any atom is -0.338 e. The fourth-order valence-electron chi connectivity index (χ4n) is 2.41. The van der Waals surface area contributed by atoms with Crippen LogP contribution in [-0.2, 0) is 0 Å². The third-order valence-electron chi connectivity index (χ3n) is 3.60. The molecule has 0 aromatic carbocycles. The minimum atomic E-state index is 0. The molecule has 1 aliphatic heterocycles. The first-order valence-corrected chi connectivity index (χ1v) is 6.77. The van der Waals surface area contributed by atoms with Crippen molar-refractivity contribution in [2.75, 3.05) is 37.6 Å². The first-order valence-electron chi connectivity index (χ1n) is 6.77. The molecule has 1 fully saturated rings. The number of anilines is 1. The first kappa shape index (κ1) is 22.9. The summed E-state index contributed by atoms with van der Waals surface area (Å²) in [7, 11) is 0. The maximum absolute atomic E-state index is 5.56. The number of hydrogen-bond acceptors (Lipinski definition) is 5. The predicted molar refractivity (Wildman–Crippen MR) is 95.3 cm³/mol. The third-order valence-corrected chi connectivity index (χ3v) is 3.60. The van der Waals surface area contributed by atoms with E-state index in [1.165, 1.54) is 6.42 Å². The highest BCUT2D eigenvalue weighted by Gasteiger charge is 2.21. The summed E-state index contributed by atoms with van der Waals surface area (Å²) in [6, 6.07) is 2.49. The Morgan fingerprint density at radius 3 is 2.19 bits per heavy atom. The molecule has 0 saturated carbocycles. The van der Waals surface area contributed by atoms with E-state index >= 15 is 0 Å². The van der Waals surface area contributed by atoms with E-state index in [1.54, 1.807) is 12.4 Å². The topological polar surface area (TPSA) is 58.3 Å². The standard InChI is InChI=1S/C13H23N5.3ClH/c1-12(4-2-5-14)17-8-10-18(11-9-17)13-15-6-3-7-16-13;;;/h3,6-7,12H,2,4-5,8-11,14H2,1H3;3*1H. The van der Waals surface area contributed by atoms with Gasteiger partial charge in [0.25, 0.3) is 0 Å². The maximum atomic E-state index is 5.56. The smallest absolute Gasteiger partial charge is 0.225 e. The van der Waals surface area contributed by atoms with Crippen LogP contribution in [0.15, 0.2) is 18.5 Å². The van der Waals surface area contributed by atoms with Crippen LogP contribution in [0.1, 0.15) is 19.8 Å². The van der Waals surface area contributed by atoms with Crippen LogP contribution in [0.4, 0.5) is 5.95 Å². The zero-order valence-corrected chi connectivity index (χ0v) is 14.8. The second-order valence-corrected chi connectivity index (χ2v) is 4.85. The fraction of sp³-hybridized carbons (Fsp3) is 0.692. The summed E-state index contributed by atoms with van der Waals surface area (Å²) in [6.45, 7) is 7.29. The average Bonchev–Trinajstić information content (AvgIpc) is 2.46. The molecule has 0 bridgehead atoms. The van der Waals surface area contributed by atoms with Gasteiger partial charge in [0, 0.05) is 44.6 Å². The molecule has 2 heterocycles. The number of halogens is 3. The van der Waals surface area contributed by atoms with E-state index in [4.69, 9.17) is 5.73 Å². The van der Waals surface area contributed by atoms with E-state index in [9.17, 15) is 0 Å². The normalized spacial score (nSPS) is 16.2. The van der Waals surface area contributed by atoms with Crippen molar-refractivity contribution in [3.8, 4) is 0 Å². The molecule has 21 heavy (non-hydrogen) atoms. The molecule has 1 aromatic heterocycles. The zero-order valence-electron chi connectivity index (χ0n) is 12.4. The molecule has 2 rings (SSSR count). The Labute approximate surface area is 145 Å². The largest absolute Gasteiger partial charge is 0.338 e. The highest BCUT2D eigenvalue weighted by atomic mass is 35.5.